The molecule has 0 bridgehead atoms. The van der Waals surface area contributed by atoms with E-state index in [-0.39, 0.29) is 0 Å². The minimum Gasteiger partial charge on any atom is -0.294 e. The fourth-order valence-corrected chi connectivity index (χ4v) is 3.14. The SMILES string of the molecule is CC(CN(Cc1ccccc1)Cc1ccccc1)c1ccccc1. The van der Waals surface area contributed by atoms with Crippen molar-refractivity contribution in [2.45, 2.75) is 25.9 Å². The van der Waals surface area contributed by atoms with Gasteiger partial charge in [-0.1, -0.05) is 97.9 Å². The first kappa shape index (κ1) is 16.5. The summed E-state index contributed by atoms with van der Waals surface area (Å²) in [6.45, 7) is 5.33. The fraction of sp³-hybridized carbons (Fsp3) is 0.217. The molecule has 1 atom stereocenters. The molecule has 0 fully saturated rings. The van der Waals surface area contributed by atoms with Crippen LogP contribution in [0.4, 0.5) is 0 Å². The largest absolute Gasteiger partial charge is 0.294 e. The van der Waals surface area contributed by atoms with E-state index in [1.165, 1.54) is 16.7 Å². The van der Waals surface area contributed by atoms with Gasteiger partial charge in [0.15, 0.2) is 0 Å². The summed E-state index contributed by atoms with van der Waals surface area (Å²) < 4.78 is 0. The van der Waals surface area contributed by atoms with Gasteiger partial charge in [-0.2, -0.15) is 0 Å². The van der Waals surface area contributed by atoms with Crippen LogP contribution >= 0.6 is 0 Å². The lowest BCUT2D eigenvalue weighted by molar-refractivity contribution is 0.244. The first-order valence-electron chi connectivity index (χ1n) is 8.66. The molecule has 0 spiro atoms. The normalized spacial score (nSPS) is 12.2. The second-order valence-electron chi connectivity index (χ2n) is 6.45. The Kier molecular flexibility index (Phi) is 5.81. The highest BCUT2D eigenvalue weighted by Gasteiger charge is 2.13. The maximum atomic E-state index is 2.54. The summed E-state index contributed by atoms with van der Waals surface area (Å²) in [5.41, 5.74) is 4.14. The van der Waals surface area contributed by atoms with Gasteiger partial charge in [0.2, 0.25) is 0 Å². The smallest absolute Gasteiger partial charge is 0.0237 e. The number of rotatable bonds is 7. The zero-order valence-electron chi connectivity index (χ0n) is 14.3. The van der Waals surface area contributed by atoms with Crippen molar-refractivity contribution in [1.82, 2.24) is 4.90 Å². The summed E-state index contributed by atoms with van der Waals surface area (Å²) in [5, 5.41) is 0. The molecule has 0 aliphatic rings. The Balaban J connectivity index is 1.73. The van der Waals surface area contributed by atoms with Crippen LogP contribution in [0.3, 0.4) is 0 Å². The summed E-state index contributed by atoms with van der Waals surface area (Å²) in [7, 11) is 0. The van der Waals surface area contributed by atoms with Crippen LogP contribution < -0.4 is 0 Å². The highest BCUT2D eigenvalue weighted by atomic mass is 15.1. The van der Waals surface area contributed by atoms with Gasteiger partial charge < -0.3 is 0 Å². The third kappa shape index (κ3) is 4.81. The Labute approximate surface area is 145 Å². The zero-order valence-corrected chi connectivity index (χ0v) is 14.3. The van der Waals surface area contributed by atoms with Crippen LogP contribution in [0, 0.1) is 0 Å². The van der Waals surface area contributed by atoms with E-state index in [0.717, 1.165) is 19.6 Å². The van der Waals surface area contributed by atoms with Gasteiger partial charge in [0.25, 0.3) is 0 Å². The van der Waals surface area contributed by atoms with E-state index in [9.17, 15) is 0 Å². The monoisotopic (exact) mass is 315 g/mol. The van der Waals surface area contributed by atoms with E-state index < -0.39 is 0 Å². The molecule has 3 rings (SSSR count). The summed E-state index contributed by atoms with van der Waals surface area (Å²) in [4.78, 5) is 2.54. The van der Waals surface area contributed by atoms with Crippen molar-refractivity contribution in [2.75, 3.05) is 6.54 Å². The summed E-state index contributed by atoms with van der Waals surface area (Å²) in [6, 6.07) is 32.3. The molecule has 0 aliphatic carbocycles. The van der Waals surface area contributed by atoms with Crippen molar-refractivity contribution in [3.63, 3.8) is 0 Å². The van der Waals surface area contributed by atoms with Crippen LogP contribution in [0.2, 0.25) is 0 Å². The molecular weight excluding hydrogens is 290 g/mol. The molecule has 122 valence electrons. The molecule has 1 heteroatoms. The number of hydrogen-bond donors (Lipinski definition) is 0. The lowest BCUT2D eigenvalue weighted by Gasteiger charge is -2.26. The molecule has 0 aliphatic heterocycles. The third-order valence-corrected chi connectivity index (χ3v) is 4.40. The summed E-state index contributed by atoms with van der Waals surface area (Å²) in [6.07, 6.45) is 0. The molecule has 1 nitrogen and oxygen atoms in total. The second-order valence-corrected chi connectivity index (χ2v) is 6.45. The van der Waals surface area contributed by atoms with Crippen LogP contribution in [0.1, 0.15) is 29.5 Å². The van der Waals surface area contributed by atoms with E-state index in [4.69, 9.17) is 0 Å². The predicted octanol–water partition coefficient (Wildman–Crippen LogP) is 5.49. The summed E-state index contributed by atoms with van der Waals surface area (Å²) >= 11 is 0. The van der Waals surface area contributed by atoms with Crippen molar-refractivity contribution in [1.29, 1.82) is 0 Å². The third-order valence-electron chi connectivity index (χ3n) is 4.40. The Bertz CT molecular complexity index is 665. The molecule has 3 aromatic rings. The first-order chi connectivity index (χ1) is 11.8. The van der Waals surface area contributed by atoms with Gasteiger partial charge in [-0.05, 0) is 22.6 Å². The minimum absolute atomic E-state index is 0.513. The Morgan fingerprint density at radius 2 is 1.04 bits per heavy atom. The molecule has 1 unspecified atom stereocenters. The van der Waals surface area contributed by atoms with E-state index in [0.29, 0.717) is 5.92 Å². The molecule has 0 N–H and O–H groups in total. The standard InChI is InChI=1S/C23H25N/c1-20(23-15-9-4-10-16-23)17-24(18-21-11-5-2-6-12-21)19-22-13-7-3-8-14-22/h2-16,20H,17-19H2,1H3. The predicted molar refractivity (Wildman–Crippen MR) is 102 cm³/mol. The van der Waals surface area contributed by atoms with Gasteiger partial charge >= 0.3 is 0 Å². The van der Waals surface area contributed by atoms with Crippen LogP contribution in [0.15, 0.2) is 91.0 Å². The molecule has 0 heterocycles. The zero-order chi connectivity index (χ0) is 16.6. The quantitative estimate of drug-likeness (QED) is 0.557. The Morgan fingerprint density at radius 1 is 0.625 bits per heavy atom. The van der Waals surface area contributed by atoms with Gasteiger partial charge in [-0.25, -0.2) is 0 Å². The molecule has 24 heavy (non-hydrogen) atoms. The van der Waals surface area contributed by atoms with Gasteiger partial charge in [0.05, 0.1) is 0 Å². The first-order valence-corrected chi connectivity index (χ1v) is 8.66. The van der Waals surface area contributed by atoms with E-state index >= 15 is 0 Å². The number of hydrogen-bond acceptors (Lipinski definition) is 1. The van der Waals surface area contributed by atoms with Gasteiger partial charge in [-0.3, -0.25) is 4.90 Å². The van der Waals surface area contributed by atoms with Crippen LogP contribution in [0.25, 0.3) is 0 Å². The average Bonchev–Trinajstić information content (AvgIpc) is 2.64. The van der Waals surface area contributed by atoms with Crippen molar-refractivity contribution >= 4 is 0 Å². The number of nitrogens with zero attached hydrogens (tertiary/aromatic N) is 1. The van der Waals surface area contributed by atoms with Crippen LogP contribution in [0.5, 0.6) is 0 Å². The Hall–Kier alpha value is -2.38. The average molecular weight is 315 g/mol. The maximum Gasteiger partial charge on any atom is 0.0237 e. The van der Waals surface area contributed by atoms with Crippen molar-refractivity contribution in [3.05, 3.63) is 108 Å². The van der Waals surface area contributed by atoms with Crippen LogP contribution in [-0.4, -0.2) is 11.4 Å². The molecular formula is C23H25N. The number of benzene rings is 3. The fourth-order valence-electron chi connectivity index (χ4n) is 3.14. The molecule has 0 radical (unpaired) electrons. The highest BCUT2D eigenvalue weighted by Crippen LogP contribution is 2.19. The Morgan fingerprint density at radius 3 is 1.50 bits per heavy atom. The molecule has 0 saturated heterocycles. The highest BCUT2D eigenvalue weighted by molar-refractivity contribution is 5.20. The lowest BCUT2D eigenvalue weighted by Crippen LogP contribution is -2.27. The molecule has 0 aromatic heterocycles. The molecule has 0 amide bonds. The van der Waals surface area contributed by atoms with Gasteiger partial charge in [0.1, 0.15) is 0 Å². The van der Waals surface area contributed by atoms with Crippen molar-refractivity contribution in [2.24, 2.45) is 0 Å². The summed E-state index contributed by atoms with van der Waals surface area (Å²) in [5.74, 6) is 0.513. The topological polar surface area (TPSA) is 3.24 Å². The van der Waals surface area contributed by atoms with Gasteiger partial charge in [-0.15, -0.1) is 0 Å². The van der Waals surface area contributed by atoms with E-state index in [1.54, 1.807) is 0 Å². The lowest BCUT2D eigenvalue weighted by atomic mass is 10.00. The maximum absolute atomic E-state index is 2.54. The van der Waals surface area contributed by atoms with E-state index in [1.807, 2.05) is 0 Å². The minimum atomic E-state index is 0.513. The van der Waals surface area contributed by atoms with Crippen molar-refractivity contribution in [3.8, 4) is 0 Å². The second kappa shape index (κ2) is 8.47. The van der Waals surface area contributed by atoms with Gasteiger partial charge in [0, 0.05) is 19.6 Å². The van der Waals surface area contributed by atoms with E-state index in [2.05, 4.69) is 103 Å². The van der Waals surface area contributed by atoms with Crippen molar-refractivity contribution < 1.29 is 0 Å². The molecule has 0 saturated carbocycles. The van der Waals surface area contributed by atoms with Crippen LogP contribution in [-0.2, 0) is 13.1 Å². The molecule has 3 aromatic carbocycles.